The van der Waals surface area contributed by atoms with E-state index in [0.29, 0.717) is 56.4 Å². The molecule has 2 amide bonds. The second-order valence-corrected chi connectivity index (χ2v) is 10.5. The van der Waals surface area contributed by atoms with Crippen molar-refractivity contribution in [3.05, 3.63) is 83.1 Å². The van der Waals surface area contributed by atoms with Crippen LogP contribution < -0.4 is 4.74 Å². The summed E-state index contributed by atoms with van der Waals surface area (Å²) in [5.41, 5.74) is 1.62. The minimum Gasteiger partial charge on any atom is -0.493 e. The molecule has 3 aromatic rings. The fraction of sp³-hybridized carbons (Fsp3) is 0.414. The first kappa shape index (κ1) is 26.7. The first-order chi connectivity index (χ1) is 17.8. The highest BCUT2D eigenvalue weighted by Gasteiger charge is 2.40. The van der Waals surface area contributed by atoms with Crippen LogP contribution in [0.15, 0.2) is 66.9 Å². The molecular formula is C29H35ClN4O3. The van der Waals surface area contributed by atoms with E-state index in [9.17, 15) is 9.59 Å². The average molecular weight is 523 g/mol. The van der Waals surface area contributed by atoms with Crippen LogP contribution >= 0.6 is 11.6 Å². The van der Waals surface area contributed by atoms with Gasteiger partial charge in [0.05, 0.1) is 6.61 Å². The van der Waals surface area contributed by atoms with Gasteiger partial charge in [-0.1, -0.05) is 48.0 Å². The number of hydrogen-bond acceptors (Lipinski definition) is 4. The van der Waals surface area contributed by atoms with Gasteiger partial charge in [0.15, 0.2) is 0 Å². The standard InChI is InChI=1S/C29H35ClN4O3/c1-23-12-15-31-34(23)17-13-27(35)33-16-7-14-29(21-33,22-37-26-11-6-10-25(30)18-26)19-28(36)32(2)20-24-8-4-3-5-9-24/h3-6,8-12,15,18H,7,13-14,16-17,19-22H2,1-2H3/t29-/m0/s1. The third-order valence-corrected chi connectivity index (χ3v) is 7.27. The quantitative estimate of drug-likeness (QED) is 0.377. The number of likely N-dealkylation sites (tertiary alicyclic amines) is 1. The summed E-state index contributed by atoms with van der Waals surface area (Å²) in [5.74, 6) is 0.779. The molecule has 8 heteroatoms. The second-order valence-electron chi connectivity index (χ2n) is 10.0. The summed E-state index contributed by atoms with van der Waals surface area (Å²) in [6.07, 6.45) is 4.05. The van der Waals surface area contributed by atoms with Crippen LogP contribution in [0.25, 0.3) is 0 Å². The Morgan fingerprint density at radius 1 is 1.14 bits per heavy atom. The molecule has 1 atom stereocenters. The van der Waals surface area contributed by atoms with Crippen LogP contribution in [0, 0.1) is 12.3 Å². The highest BCUT2D eigenvalue weighted by Crippen LogP contribution is 2.36. The van der Waals surface area contributed by atoms with E-state index < -0.39 is 5.41 Å². The van der Waals surface area contributed by atoms with Crippen molar-refractivity contribution in [2.45, 2.75) is 45.7 Å². The third-order valence-electron chi connectivity index (χ3n) is 7.04. The molecule has 7 nitrogen and oxygen atoms in total. The highest BCUT2D eigenvalue weighted by atomic mass is 35.5. The van der Waals surface area contributed by atoms with Gasteiger partial charge in [0.25, 0.3) is 0 Å². The zero-order valence-electron chi connectivity index (χ0n) is 21.6. The molecule has 0 saturated carbocycles. The van der Waals surface area contributed by atoms with E-state index in [2.05, 4.69) is 5.10 Å². The summed E-state index contributed by atoms with van der Waals surface area (Å²) >= 11 is 6.16. The van der Waals surface area contributed by atoms with Crippen molar-refractivity contribution in [1.82, 2.24) is 19.6 Å². The molecular weight excluding hydrogens is 488 g/mol. The lowest BCUT2D eigenvalue weighted by Gasteiger charge is -2.43. The first-order valence-corrected chi connectivity index (χ1v) is 13.1. The van der Waals surface area contributed by atoms with E-state index in [0.717, 1.165) is 24.1 Å². The SMILES string of the molecule is Cc1ccnn1CCC(=O)N1CCC[C@](COc2cccc(Cl)c2)(CC(=O)N(C)Cc2ccccc2)C1. The molecule has 1 aliphatic rings. The summed E-state index contributed by atoms with van der Waals surface area (Å²) in [4.78, 5) is 30.3. The first-order valence-electron chi connectivity index (χ1n) is 12.8. The molecule has 1 aliphatic heterocycles. The van der Waals surface area contributed by atoms with Gasteiger partial charge in [-0.05, 0) is 49.6 Å². The van der Waals surface area contributed by atoms with Crippen LogP contribution in [0.1, 0.15) is 36.9 Å². The monoisotopic (exact) mass is 522 g/mol. The van der Waals surface area contributed by atoms with Crippen molar-refractivity contribution in [2.75, 3.05) is 26.7 Å². The number of benzene rings is 2. The van der Waals surface area contributed by atoms with E-state index in [-0.39, 0.29) is 11.8 Å². The fourth-order valence-electron chi connectivity index (χ4n) is 4.92. The predicted molar refractivity (Wildman–Crippen MR) is 144 cm³/mol. The molecule has 4 rings (SSSR count). The van der Waals surface area contributed by atoms with Gasteiger partial charge in [0, 0.05) is 68.4 Å². The molecule has 0 bridgehead atoms. The average Bonchev–Trinajstić information content (AvgIpc) is 3.31. The summed E-state index contributed by atoms with van der Waals surface area (Å²) in [7, 11) is 1.83. The molecule has 196 valence electrons. The van der Waals surface area contributed by atoms with Gasteiger partial charge < -0.3 is 14.5 Å². The van der Waals surface area contributed by atoms with Gasteiger partial charge in [0.1, 0.15) is 5.75 Å². The molecule has 0 unspecified atom stereocenters. The lowest BCUT2D eigenvalue weighted by molar-refractivity contribution is -0.141. The lowest BCUT2D eigenvalue weighted by Crippen LogP contribution is -2.50. The summed E-state index contributed by atoms with van der Waals surface area (Å²) in [5, 5.41) is 4.89. The number of carbonyl (C=O) groups is 2. The Kier molecular flexibility index (Phi) is 8.87. The Bertz CT molecular complexity index is 1200. The molecule has 1 aromatic heterocycles. The van der Waals surface area contributed by atoms with Gasteiger partial charge >= 0.3 is 0 Å². The van der Waals surface area contributed by atoms with Gasteiger partial charge in [-0.15, -0.1) is 0 Å². The number of nitrogens with zero attached hydrogens (tertiary/aromatic N) is 4. The molecule has 1 fully saturated rings. The lowest BCUT2D eigenvalue weighted by atomic mass is 9.77. The predicted octanol–water partition coefficient (Wildman–Crippen LogP) is 4.97. The number of hydrogen-bond donors (Lipinski definition) is 0. The van der Waals surface area contributed by atoms with Gasteiger partial charge in [-0.3, -0.25) is 14.3 Å². The van der Waals surface area contributed by atoms with Gasteiger partial charge in [-0.2, -0.15) is 5.10 Å². The summed E-state index contributed by atoms with van der Waals surface area (Å²) in [6, 6.07) is 19.2. The van der Waals surface area contributed by atoms with Crippen LogP contribution in [-0.4, -0.2) is 58.1 Å². The molecule has 2 aromatic carbocycles. The maximum atomic E-state index is 13.4. The van der Waals surface area contributed by atoms with E-state index in [1.165, 1.54) is 0 Å². The van der Waals surface area contributed by atoms with Crippen molar-refractivity contribution in [3.8, 4) is 5.75 Å². The van der Waals surface area contributed by atoms with Crippen LogP contribution in [0.4, 0.5) is 0 Å². The van der Waals surface area contributed by atoms with Crippen LogP contribution in [0.2, 0.25) is 5.02 Å². The zero-order valence-corrected chi connectivity index (χ0v) is 22.4. The zero-order chi connectivity index (χ0) is 26.3. The number of halogens is 1. The molecule has 2 heterocycles. The van der Waals surface area contributed by atoms with E-state index in [1.54, 1.807) is 23.2 Å². The number of piperidine rings is 1. The Balaban J connectivity index is 1.46. The van der Waals surface area contributed by atoms with E-state index >= 15 is 0 Å². The molecule has 0 radical (unpaired) electrons. The normalized spacial score (nSPS) is 17.4. The molecule has 0 aliphatic carbocycles. The molecule has 0 spiro atoms. The summed E-state index contributed by atoms with van der Waals surface area (Å²) < 4.78 is 8.03. The van der Waals surface area contributed by atoms with Crippen molar-refractivity contribution in [3.63, 3.8) is 0 Å². The number of ether oxygens (including phenoxy) is 1. The fourth-order valence-corrected chi connectivity index (χ4v) is 5.10. The number of rotatable bonds is 10. The summed E-state index contributed by atoms with van der Waals surface area (Å²) in [6.45, 7) is 4.56. The van der Waals surface area contributed by atoms with E-state index in [1.807, 2.05) is 72.1 Å². The number of carbonyl (C=O) groups excluding carboxylic acids is 2. The maximum Gasteiger partial charge on any atom is 0.224 e. The second kappa shape index (κ2) is 12.3. The minimum absolute atomic E-state index is 0.0417. The van der Waals surface area contributed by atoms with Crippen LogP contribution in [0.3, 0.4) is 0 Å². The topological polar surface area (TPSA) is 67.7 Å². The third kappa shape index (κ3) is 7.35. The van der Waals surface area contributed by atoms with Crippen LogP contribution in [0.5, 0.6) is 5.75 Å². The minimum atomic E-state index is -0.486. The molecule has 0 N–H and O–H groups in total. The Morgan fingerprint density at radius 2 is 1.95 bits per heavy atom. The Morgan fingerprint density at radius 3 is 2.68 bits per heavy atom. The van der Waals surface area contributed by atoms with Gasteiger partial charge in [-0.25, -0.2) is 0 Å². The Labute approximate surface area is 224 Å². The smallest absolute Gasteiger partial charge is 0.224 e. The van der Waals surface area contributed by atoms with Gasteiger partial charge in [0.2, 0.25) is 11.8 Å². The maximum absolute atomic E-state index is 13.4. The van der Waals surface area contributed by atoms with Crippen molar-refractivity contribution in [1.29, 1.82) is 0 Å². The van der Waals surface area contributed by atoms with Crippen molar-refractivity contribution in [2.24, 2.45) is 5.41 Å². The molecule has 1 saturated heterocycles. The van der Waals surface area contributed by atoms with E-state index in [4.69, 9.17) is 16.3 Å². The largest absolute Gasteiger partial charge is 0.493 e. The number of amides is 2. The molecule has 37 heavy (non-hydrogen) atoms. The number of aromatic nitrogens is 2. The van der Waals surface area contributed by atoms with Crippen molar-refractivity contribution < 1.29 is 14.3 Å². The van der Waals surface area contributed by atoms with Crippen molar-refractivity contribution >= 4 is 23.4 Å². The number of aryl methyl sites for hydroxylation is 2. The van der Waals surface area contributed by atoms with Crippen LogP contribution in [-0.2, 0) is 22.7 Å². The Hall–Kier alpha value is -3.32. The highest BCUT2D eigenvalue weighted by molar-refractivity contribution is 6.30.